The van der Waals surface area contributed by atoms with Crippen molar-refractivity contribution in [3.8, 4) is 0 Å². The Balaban J connectivity index is 1.38. The van der Waals surface area contributed by atoms with E-state index in [0.717, 1.165) is 46.8 Å². The molecular formula is C40H40N2O2. The number of benzene rings is 4. The van der Waals surface area contributed by atoms with Crippen molar-refractivity contribution in [1.29, 1.82) is 0 Å². The number of Topliss-reactive ketones (excluding diaryl/α,β-unsaturated/α-hetero) is 1. The van der Waals surface area contributed by atoms with Gasteiger partial charge in [0.2, 0.25) is 5.78 Å². The van der Waals surface area contributed by atoms with Gasteiger partial charge in [0.15, 0.2) is 0 Å². The van der Waals surface area contributed by atoms with E-state index in [1.807, 2.05) is 0 Å². The van der Waals surface area contributed by atoms with E-state index in [2.05, 4.69) is 120 Å². The SMILES string of the molecule is CCCC(C1=Nc2ccc3ccccc3c2C1(C)C)=C1C(=O)C(C(CCC)=C2Nc3ccc4ccccc4c3C2(C)C)=C1O. The van der Waals surface area contributed by atoms with Gasteiger partial charge in [-0.15, -0.1) is 0 Å². The summed E-state index contributed by atoms with van der Waals surface area (Å²) in [7, 11) is 0. The topological polar surface area (TPSA) is 61.7 Å². The second kappa shape index (κ2) is 10.1. The Morgan fingerprint density at radius 3 is 1.98 bits per heavy atom. The third-order valence-electron chi connectivity index (χ3n) is 9.91. The van der Waals surface area contributed by atoms with Crippen LogP contribution in [0.25, 0.3) is 21.5 Å². The Labute approximate surface area is 259 Å². The van der Waals surface area contributed by atoms with Gasteiger partial charge < -0.3 is 10.4 Å². The fourth-order valence-electron chi connectivity index (χ4n) is 7.95. The summed E-state index contributed by atoms with van der Waals surface area (Å²) in [4.78, 5) is 19.5. The van der Waals surface area contributed by atoms with Crippen LogP contribution in [0.3, 0.4) is 0 Å². The summed E-state index contributed by atoms with van der Waals surface area (Å²) in [6, 6.07) is 25.4. The van der Waals surface area contributed by atoms with Gasteiger partial charge in [0, 0.05) is 22.2 Å². The van der Waals surface area contributed by atoms with Gasteiger partial charge >= 0.3 is 0 Å². The lowest BCUT2D eigenvalue weighted by Crippen LogP contribution is -2.34. The van der Waals surface area contributed by atoms with E-state index < -0.39 is 5.41 Å². The molecular weight excluding hydrogens is 540 g/mol. The number of hydrogen-bond donors (Lipinski definition) is 2. The van der Waals surface area contributed by atoms with Crippen LogP contribution in [0, 0.1) is 0 Å². The zero-order chi connectivity index (χ0) is 31.0. The number of aliphatic hydroxyl groups is 1. The van der Waals surface area contributed by atoms with Crippen LogP contribution in [-0.2, 0) is 15.6 Å². The van der Waals surface area contributed by atoms with Crippen molar-refractivity contribution in [3.05, 3.63) is 118 Å². The van der Waals surface area contributed by atoms with Crippen LogP contribution in [0.5, 0.6) is 0 Å². The largest absolute Gasteiger partial charge is 0.506 e. The lowest BCUT2D eigenvalue weighted by atomic mass is 9.70. The van der Waals surface area contributed by atoms with Crippen molar-refractivity contribution >= 4 is 44.4 Å². The highest BCUT2D eigenvalue weighted by molar-refractivity contribution is 6.28. The minimum Gasteiger partial charge on any atom is -0.506 e. The minimum absolute atomic E-state index is 0.0698. The number of nitrogens with one attached hydrogen (secondary N) is 1. The summed E-state index contributed by atoms with van der Waals surface area (Å²) < 4.78 is 0. The highest BCUT2D eigenvalue weighted by Crippen LogP contribution is 2.52. The van der Waals surface area contributed by atoms with Crippen molar-refractivity contribution in [2.24, 2.45) is 4.99 Å². The predicted octanol–water partition coefficient (Wildman–Crippen LogP) is 10.3. The van der Waals surface area contributed by atoms with Crippen LogP contribution in [0.1, 0.15) is 78.4 Å². The van der Waals surface area contributed by atoms with Crippen LogP contribution in [0.2, 0.25) is 0 Å². The lowest BCUT2D eigenvalue weighted by Gasteiger charge is -2.32. The third-order valence-corrected chi connectivity index (χ3v) is 9.91. The standard InChI is InChI=1S/C40H40N2O2/c1-7-13-27(37-39(3,4)33-25-17-11-9-15-23(25)19-21-29(33)41-37)31-35(43)32(36(31)44)28(14-8-2)38-40(5,6)34-26-18-12-10-16-24(26)20-22-30(34)42-38/h9-12,15-22,41,43H,7-8,13-14H2,1-6H3. The van der Waals surface area contributed by atoms with Crippen LogP contribution in [0.15, 0.2) is 112 Å². The van der Waals surface area contributed by atoms with Crippen molar-refractivity contribution in [3.63, 3.8) is 0 Å². The molecule has 0 amide bonds. The fourth-order valence-corrected chi connectivity index (χ4v) is 7.95. The number of fused-ring (bicyclic) bond motifs is 6. The molecule has 4 nitrogen and oxygen atoms in total. The second-order valence-corrected chi connectivity index (χ2v) is 13.5. The van der Waals surface area contributed by atoms with Gasteiger partial charge in [-0.25, -0.2) is 0 Å². The molecule has 2 aliphatic heterocycles. The molecule has 0 unspecified atom stereocenters. The number of hydrogen-bond acceptors (Lipinski definition) is 4. The number of anilines is 1. The molecule has 0 radical (unpaired) electrons. The molecule has 4 heteroatoms. The van der Waals surface area contributed by atoms with Gasteiger partial charge in [0.05, 0.1) is 22.5 Å². The van der Waals surface area contributed by atoms with Gasteiger partial charge in [0.25, 0.3) is 0 Å². The molecule has 4 aromatic carbocycles. The number of aliphatic hydroxyl groups excluding tert-OH is 1. The first-order valence-electron chi connectivity index (χ1n) is 16.0. The Morgan fingerprint density at radius 1 is 0.750 bits per heavy atom. The molecule has 3 aliphatic rings. The smallest absolute Gasteiger partial charge is 0.201 e. The first-order chi connectivity index (χ1) is 21.1. The highest BCUT2D eigenvalue weighted by atomic mass is 16.3. The van der Waals surface area contributed by atoms with Crippen LogP contribution in [0.4, 0.5) is 11.4 Å². The van der Waals surface area contributed by atoms with Gasteiger partial charge in [-0.3, -0.25) is 9.79 Å². The summed E-state index contributed by atoms with van der Waals surface area (Å²) in [6.07, 6.45) is 3.08. The maximum absolute atomic E-state index is 14.3. The normalized spacial score (nSPS) is 20.3. The Bertz CT molecular complexity index is 2030. The summed E-state index contributed by atoms with van der Waals surface area (Å²) >= 11 is 0. The second-order valence-electron chi connectivity index (χ2n) is 13.5. The molecule has 0 spiro atoms. The summed E-state index contributed by atoms with van der Waals surface area (Å²) in [5.41, 5.74) is 8.26. The van der Waals surface area contributed by atoms with Crippen LogP contribution < -0.4 is 5.32 Å². The van der Waals surface area contributed by atoms with E-state index in [9.17, 15) is 9.90 Å². The Hall–Kier alpha value is -4.44. The highest BCUT2D eigenvalue weighted by Gasteiger charge is 2.46. The maximum atomic E-state index is 14.3. The molecule has 44 heavy (non-hydrogen) atoms. The molecule has 0 atom stereocenters. The number of nitrogens with zero attached hydrogens (tertiary/aromatic N) is 1. The van der Waals surface area contributed by atoms with Crippen molar-refractivity contribution < 1.29 is 9.90 Å². The average molecular weight is 581 g/mol. The van der Waals surface area contributed by atoms with E-state index in [1.54, 1.807) is 0 Å². The van der Waals surface area contributed by atoms with Crippen molar-refractivity contribution in [1.82, 2.24) is 0 Å². The van der Waals surface area contributed by atoms with E-state index >= 15 is 0 Å². The summed E-state index contributed by atoms with van der Waals surface area (Å²) in [5.74, 6) is 0.0479. The fraction of sp³-hybridized carbons (Fsp3) is 0.300. The van der Waals surface area contributed by atoms with Crippen LogP contribution >= 0.6 is 0 Å². The Morgan fingerprint density at radius 2 is 1.34 bits per heavy atom. The molecule has 4 aromatic rings. The zero-order valence-corrected chi connectivity index (χ0v) is 26.6. The van der Waals surface area contributed by atoms with Gasteiger partial charge in [-0.05, 0) is 68.8 Å². The monoisotopic (exact) mass is 580 g/mol. The van der Waals surface area contributed by atoms with E-state index in [-0.39, 0.29) is 17.0 Å². The molecule has 0 saturated carbocycles. The molecule has 2 N–H and O–H groups in total. The predicted molar refractivity (Wildman–Crippen MR) is 183 cm³/mol. The molecule has 2 heterocycles. The molecule has 1 aliphatic carbocycles. The van der Waals surface area contributed by atoms with Gasteiger partial charge in [0.1, 0.15) is 5.76 Å². The van der Waals surface area contributed by atoms with Gasteiger partial charge in [-0.2, -0.15) is 0 Å². The number of carbonyl (C=O) groups excluding carboxylic acids is 1. The molecule has 0 bridgehead atoms. The molecule has 7 rings (SSSR count). The van der Waals surface area contributed by atoms with E-state index in [1.165, 1.54) is 32.7 Å². The summed E-state index contributed by atoms with van der Waals surface area (Å²) in [5, 5.41) is 20.3. The van der Waals surface area contributed by atoms with Crippen molar-refractivity contribution in [2.75, 3.05) is 5.32 Å². The molecule has 0 saturated heterocycles. The zero-order valence-electron chi connectivity index (χ0n) is 26.6. The summed E-state index contributed by atoms with van der Waals surface area (Å²) in [6.45, 7) is 13.1. The quantitative estimate of drug-likeness (QED) is 0.223. The Kier molecular flexibility index (Phi) is 6.47. The molecule has 222 valence electrons. The maximum Gasteiger partial charge on any atom is 0.201 e. The third kappa shape index (κ3) is 3.89. The first-order valence-corrected chi connectivity index (χ1v) is 16.0. The van der Waals surface area contributed by atoms with E-state index in [4.69, 9.17) is 4.99 Å². The van der Waals surface area contributed by atoms with Crippen molar-refractivity contribution in [2.45, 2.75) is 78.1 Å². The number of rotatable bonds is 6. The van der Waals surface area contributed by atoms with E-state index in [0.29, 0.717) is 24.0 Å². The number of carbonyl (C=O) groups is 1. The minimum atomic E-state index is -0.410. The number of allylic oxidation sites excluding steroid dienone is 5. The average Bonchev–Trinajstić information content (AvgIpc) is 3.45. The lowest BCUT2D eigenvalue weighted by molar-refractivity contribution is -0.113. The number of ketones is 1. The van der Waals surface area contributed by atoms with Gasteiger partial charge in [-0.1, -0.05) is 115 Å². The number of aliphatic imine (C=N–C) groups is 1. The molecule has 0 fully saturated rings. The molecule has 0 aromatic heterocycles. The first kappa shape index (κ1) is 28.3. The van der Waals surface area contributed by atoms with Crippen LogP contribution in [-0.4, -0.2) is 16.6 Å².